The van der Waals surface area contributed by atoms with E-state index >= 15 is 0 Å². The van der Waals surface area contributed by atoms with Crippen molar-refractivity contribution in [2.75, 3.05) is 29.8 Å². The van der Waals surface area contributed by atoms with Gasteiger partial charge in [-0.05, 0) is 61.4 Å². The summed E-state index contributed by atoms with van der Waals surface area (Å²) in [6.45, 7) is 3.75. The van der Waals surface area contributed by atoms with Gasteiger partial charge in [-0.2, -0.15) is 0 Å². The van der Waals surface area contributed by atoms with Crippen LogP contribution in [0.3, 0.4) is 0 Å². The molecule has 0 bridgehead atoms. The Morgan fingerprint density at radius 2 is 1.69 bits per heavy atom. The zero-order valence-electron chi connectivity index (χ0n) is 20.1. The van der Waals surface area contributed by atoms with Gasteiger partial charge in [-0.15, -0.1) is 0 Å². The summed E-state index contributed by atoms with van der Waals surface area (Å²) in [4.78, 5) is 40.0. The van der Waals surface area contributed by atoms with Crippen molar-refractivity contribution in [1.29, 1.82) is 0 Å². The minimum absolute atomic E-state index is 0.0983. The van der Waals surface area contributed by atoms with Crippen molar-refractivity contribution in [3.8, 4) is 11.5 Å². The predicted molar refractivity (Wildman–Crippen MR) is 139 cm³/mol. The molecule has 36 heavy (non-hydrogen) atoms. The van der Waals surface area contributed by atoms with Gasteiger partial charge in [0.05, 0.1) is 19.9 Å². The lowest BCUT2D eigenvalue weighted by Gasteiger charge is -2.19. The summed E-state index contributed by atoms with van der Waals surface area (Å²) in [5, 5.41) is 5.54. The summed E-state index contributed by atoms with van der Waals surface area (Å²) in [6.07, 6.45) is 0. The van der Waals surface area contributed by atoms with Crippen LogP contribution in [0.15, 0.2) is 71.4 Å². The molecule has 3 aromatic rings. The molecule has 0 aromatic heterocycles. The maximum absolute atomic E-state index is 13.3. The maximum Gasteiger partial charge on any atom is 0.283 e. The Labute approximate surface area is 213 Å². The zero-order chi connectivity index (χ0) is 26.0. The minimum Gasteiger partial charge on any atom is -0.497 e. The average molecular weight is 506 g/mol. The van der Waals surface area contributed by atoms with Gasteiger partial charge < -0.3 is 20.1 Å². The lowest BCUT2D eigenvalue weighted by molar-refractivity contribution is -0.120. The number of rotatable bonds is 7. The number of nitrogens with one attached hydrogen (secondary N) is 2. The van der Waals surface area contributed by atoms with E-state index in [-0.39, 0.29) is 28.1 Å². The van der Waals surface area contributed by atoms with Gasteiger partial charge >= 0.3 is 0 Å². The van der Waals surface area contributed by atoms with Crippen LogP contribution < -0.4 is 25.0 Å². The molecule has 0 saturated carbocycles. The van der Waals surface area contributed by atoms with Crippen molar-refractivity contribution in [3.63, 3.8) is 0 Å². The molecule has 4 rings (SSSR count). The number of benzene rings is 3. The van der Waals surface area contributed by atoms with Crippen LogP contribution in [0, 0.1) is 13.8 Å². The van der Waals surface area contributed by atoms with E-state index in [1.165, 1.54) is 14.2 Å². The highest BCUT2D eigenvalue weighted by molar-refractivity contribution is 6.53. The molecule has 8 nitrogen and oxygen atoms in total. The third-order valence-corrected chi connectivity index (χ3v) is 6.04. The molecule has 0 aliphatic carbocycles. The van der Waals surface area contributed by atoms with Crippen molar-refractivity contribution >= 4 is 46.4 Å². The molecule has 184 valence electrons. The maximum atomic E-state index is 13.3. The van der Waals surface area contributed by atoms with E-state index in [0.29, 0.717) is 22.7 Å². The van der Waals surface area contributed by atoms with Gasteiger partial charge in [-0.3, -0.25) is 14.4 Å². The van der Waals surface area contributed by atoms with Crippen molar-refractivity contribution in [2.45, 2.75) is 13.8 Å². The van der Waals surface area contributed by atoms with Crippen LogP contribution in [-0.2, 0) is 9.59 Å². The Morgan fingerprint density at radius 1 is 0.917 bits per heavy atom. The molecule has 0 fully saturated rings. The van der Waals surface area contributed by atoms with Gasteiger partial charge in [0.15, 0.2) is 0 Å². The smallest absolute Gasteiger partial charge is 0.283 e. The average Bonchev–Trinajstić information content (AvgIpc) is 3.07. The second-order valence-electron chi connectivity index (χ2n) is 8.15. The van der Waals surface area contributed by atoms with Gasteiger partial charge in [0.2, 0.25) is 0 Å². The summed E-state index contributed by atoms with van der Waals surface area (Å²) in [5.41, 5.74) is 3.39. The van der Waals surface area contributed by atoms with E-state index in [4.69, 9.17) is 21.1 Å². The molecule has 0 radical (unpaired) electrons. The summed E-state index contributed by atoms with van der Waals surface area (Å²) in [5.74, 6) is -0.889. The minimum atomic E-state index is -0.696. The largest absolute Gasteiger partial charge is 0.497 e. The number of amides is 3. The molecule has 3 amide bonds. The highest BCUT2D eigenvalue weighted by atomic mass is 35.5. The number of imide groups is 1. The molecule has 9 heteroatoms. The topological polar surface area (TPSA) is 97.0 Å². The number of carbonyl (C=O) groups is 3. The molecule has 1 aliphatic rings. The van der Waals surface area contributed by atoms with Crippen molar-refractivity contribution in [2.24, 2.45) is 0 Å². The first-order chi connectivity index (χ1) is 17.2. The standard InChI is InChI=1S/C27H24ClN3O5/c1-15-6-5-7-18(12-15)29-25(32)17-9-8-16(2)20(13-17)30-24-23(28)26(33)31(27(24)34)21-11-10-19(35-3)14-22(21)36-4/h5-14,30H,1-4H3,(H,29,32). The zero-order valence-corrected chi connectivity index (χ0v) is 20.9. The van der Waals surface area contributed by atoms with Gasteiger partial charge in [-0.1, -0.05) is 29.8 Å². The molecule has 0 atom stereocenters. The Hall–Kier alpha value is -4.30. The van der Waals surface area contributed by atoms with Gasteiger partial charge in [0.25, 0.3) is 17.7 Å². The highest BCUT2D eigenvalue weighted by Crippen LogP contribution is 2.38. The monoisotopic (exact) mass is 505 g/mol. The first kappa shape index (κ1) is 24.8. The Bertz CT molecular complexity index is 1420. The molecule has 1 heterocycles. The number of carbonyl (C=O) groups excluding carboxylic acids is 3. The van der Waals surface area contributed by atoms with Gasteiger partial charge in [0, 0.05) is 23.0 Å². The lowest BCUT2D eigenvalue weighted by Crippen LogP contribution is -2.32. The first-order valence-corrected chi connectivity index (χ1v) is 11.4. The summed E-state index contributed by atoms with van der Waals surface area (Å²) >= 11 is 6.31. The fraction of sp³-hybridized carbons (Fsp3) is 0.148. The number of anilines is 3. The lowest BCUT2D eigenvalue weighted by atomic mass is 10.1. The summed E-state index contributed by atoms with van der Waals surface area (Å²) < 4.78 is 10.5. The Kier molecular flexibility index (Phi) is 6.98. The molecule has 3 aromatic carbocycles. The number of hydrogen-bond acceptors (Lipinski definition) is 6. The molecule has 0 spiro atoms. The normalized spacial score (nSPS) is 13.2. The quantitative estimate of drug-likeness (QED) is 0.438. The number of nitrogens with zero attached hydrogens (tertiary/aromatic N) is 1. The van der Waals surface area contributed by atoms with E-state index in [2.05, 4.69) is 10.6 Å². The van der Waals surface area contributed by atoms with Crippen molar-refractivity contribution in [3.05, 3.63) is 88.1 Å². The van der Waals surface area contributed by atoms with Gasteiger partial charge in [-0.25, -0.2) is 4.90 Å². The number of methoxy groups -OCH3 is 2. The van der Waals surface area contributed by atoms with Crippen LogP contribution in [0.5, 0.6) is 11.5 Å². The second-order valence-corrected chi connectivity index (χ2v) is 8.53. The third-order valence-electron chi connectivity index (χ3n) is 5.69. The molecular formula is C27H24ClN3O5. The number of halogens is 1. The van der Waals surface area contributed by atoms with Crippen LogP contribution in [0.1, 0.15) is 21.5 Å². The van der Waals surface area contributed by atoms with E-state index in [1.54, 1.807) is 42.5 Å². The summed E-state index contributed by atoms with van der Waals surface area (Å²) in [6, 6.07) is 17.2. The molecule has 1 aliphatic heterocycles. The summed E-state index contributed by atoms with van der Waals surface area (Å²) in [7, 11) is 2.92. The van der Waals surface area contributed by atoms with Crippen LogP contribution in [-0.4, -0.2) is 31.9 Å². The van der Waals surface area contributed by atoms with Crippen molar-refractivity contribution < 1.29 is 23.9 Å². The Balaban J connectivity index is 1.60. The predicted octanol–water partition coefficient (Wildman–Crippen LogP) is 5.01. The molecule has 0 saturated heterocycles. The number of aryl methyl sites for hydroxylation is 2. The number of hydrogen-bond donors (Lipinski definition) is 2. The first-order valence-electron chi connectivity index (χ1n) is 11.0. The van der Waals surface area contributed by atoms with Crippen LogP contribution in [0.25, 0.3) is 0 Å². The van der Waals surface area contributed by atoms with E-state index < -0.39 is 11.8 Å². The highest BCUT2D eigenvalue weighted by Gasteiger charge is 2.40. The van der Waals surface area contributed by atoms with E-state index in [1.807, 2.05) is 32.0 Å². The van der Waals surface area contributed by atoms with Crippen molar-refractivity contribution in [1.82, 2.24) is 0 Å². The van der Waals surface area contributed by atoms with E-state index in [0.717, 1.165) is 16.0 Å². The molecule has 2 N–H and O–H groups in total. The van der Waals surface area contributed by atoms with Gasteiger partial charge in [0.1, 0.15) is 22.2 Å². The fourth-order valence-corrected chi connectivity index (χ4v) is 3.97. The second kappa shape index (κ2) is 10.1. The Morgan fingerprint density at radius 3 is 2.39 bits per heavy atom. The number of ether oxygens (including phenoxy) is 2. The van der Waals surface area contributed by atoms with Crippen LogP contribution >= 0.6 is 11.6 Å². The third kappa shape index (κ3) is 4.76. The molecular weight excluding hydrogens is 482 g/mol. The molecule has 0 unspecified atom stereocenters. The van der Waals surface area contributed by atoms with Crippen LogP contribution in [0.2, 0.25) is 0 Å². The SMILES string of the molecule is COc1ccc(N2C(=O)C(Cl)=C(Nc3cc(C(=O)Nc4cccc(C)c4)ccc3C)C2=O)c(OC)c1. The van der Waals surface area contributed by atoms with E-state index in [9.17, 15) is 14.4 Å². The van der Waals surface area contributed by atoms with Crippen LogP contribution in [0.4, 0.5) is 17.1 Å². The fourth-order valence-electron chi connectivity index (χ4n) is 3.76.